The Morgan fingerprint density at radius 2 is 1.64 bits per heavy atom. The number of carbonyl (C=O) groups is 2. The van der Waals surface area contributed by atoms with E-state index in [4.69, 9.17) is 10.2 Å². The summed E-state index contributed by atoms with van der Waals surface area (Å²) in [5.74, 6) is 0.890. The molecule has 0 atom stereocenters. The van der Waals surface area contributed by atoms with Gasteiger partial charge in [0.05, 0.1) is 6.54 Å². The van der Waals surface area contributed by atoms with E-state index >= 15 is 0 Å². The van der Waals surface area contributed by atoms with Gasteiger partial charge in [-0.2, -0.15) is 0 Å². The van der Waals surface area contributed by atoms with Crippen LogP contribution in [0.15, 0.2) is 71.1 Å². The molecule has 0 aliphatic carbocycles. The summed E-state index contributed by atoms with van der Waals surface area (Å²) >= 11 is 0. The van der Waals surface area contributed by atoms with Crippen LogP contribution >= 0.6 is 0 Å². The number of urea groups is 1. The number of amides is 3. The van der Waals surface area contributed by atoms with Crippen LogP contribution in [0, 0.1) is 0 Å². The maximum absolute atomic E-state index is 11.9. The zero-order valence-corrected chi connectivity index (χ0v) is 13.4. The van der Waals surface area contributed by atoms with Crippen molar-refractivity contribution in [2.45, 2.75) is 6.54 Å². The number of hydrogen-bond donors (Lipinski definition) is 3. The molecular formula is C19H17N3O3. The van der Waals surface area contributed by atoms with Gasteiger partial charge < -0.3 is 20.8 Å². The van der Waals surface area contributed by atoms with Crippen LogP contribution in [0.2, 0.25) is 0 Å². The second-order valence-corrected chi connectivity index (χ2v) is 5.38. The van der Waals surface area contributed by atoms with Crippen LogP contribution in [0.5, 0.6) is 0 Å². The second kappa shape index (κ2) is 7.35. The molecule has 0 unspecified atom stereocenters. The highest BCUT2D eigenvalue weighted by Gasteiger charge is 2.07. The Morgan fingerprint density at radius 3 is 2.32 bits per heavy atom. The van der Waals surface area contributed by atoms with Crippen LogP contribution < -0.4 is 16.4 Å². The molecule has 4 N–H and O–H groups in total. The van der Waals surface area contributed by atoms with Crippen LogP contribution in [0.3, 0.4) is 0 Å². The van der Waals surface area contributed by atoms with Crippen molar-refractivity contribution in [3.8, 4) is 11.3 Å². The topological polar surface area (TPSA) is 97.4 Å². The van der Waals surface area contributed by atoms with Crippen molar-refractivity contribution in [2.75, 3.05) is 5.32 Å². The van der Waals surface area contributed by atoms with E-state index in [9.17, 15) is 9.59 Å². The Morgan fingerprint density at radius 1 is 0.920 bits per heavy atom. The first-order chi connectivity index (χ1) is 12.1. The lowest BCUT2D eigenvalue weighted by Gasteiger charge is -2.07. The summed E-state index contributed by atoms with van der Waals surface area (Å²) in [6, 6.07) is 19.4. The third kappa shape index (κ3) is 4.26. The van der Waals surface area contributed by atoms with Crippen LogP contribution in [-0.2, 0) is 6.54 Å². The predicted molar refractivity (Wildman–Crippen MR) is 95.0 cm³/mol. The number of rotatable bonds is 5. The highest BCUT2D eigenvalue weighted by molar-refractivity contribution is 5.94. The van der Waals surface area contributed by atoms with E-state index in [2.05, 4.69) is 10.6 Å². The zero-order valence-electron chi connectivity index (χ0n) is 13.4. The molecule has 2 aromatic carbocycles. The van der Waals surface area contributed by atoms with Crippen molar-refractivity contribution in [1.82, 2.24) is 5.32 Å². The quantitative estimate of drug-likeness (QED) is 0.667. The Balaban J connectivity index is 1.54. The number of hydrogen-bond acceptors (Lipinski definition) is 3. The van der Waals surface area contributed by atoms with Crippen LogP contribution in [0.25, 0.3) is 11.3 Å². The number of furan rings is 1. The molecule has 25 heavy (non-hydrogen) atoms. The largest absolute Gasteiger partial charge is 0.459 e. The fraction of sp³-hybridized carbons (Fsp3) is 0.0526. The molecule has 0 saturated carbocycles. The van der Waals surface area contributed by atoms with Crippen molar-refractivity contribution < 1.29 is 14.0 Å². The molecule has 126 valence electrons. The Hall–Kier alpha value is -3.54. The van der Waals surface area contributed by atoms with E-state index < -0.39 is 5.91 Å². The van der Waals surface area contributed by atoms with E-state index in [1.54, 1.807) is 24.3 Å². The first kappa shape index (κ1) is 16.3. The van der Waals surface area contributed by atoms with Gasteiger partial charge in [0.25, 0.3) is 0 Å². The minimum Gasteiger partial charge on any atom is -0.459 e. The molecule has 0 bridgehead atoms. The molecule has 0 radical (unpaired) electrons. The van der Waals surface area contributed by atoms with Gasteiger partial charge in [-0.15, -0.1) is 0 Å². The SMILES string of the molecule is NC(=O)c1ccc(NC(=O)NCc2ccc(-c3ccccc3)o2)cc1. The van der Waals surface area contributed by atoms with E-state index in [-0.39, 0.29) is 12.6 Å². The van der Waals surface area contributed by atoms with Crippen molar-refractivity contribution in [3.63, 3.8) is 0 Å². The van der Waals surface area contributed by atoms with Gasteiger partial charge in [-0.3, -0.25) is 4.79 Å². The van der Waals surface area contributed by atoms with Crippen LogP contribution in [-0.4, -0.2) is 11.9 Å². The average Bonchev–Trinajstić information content (AvgIpc) is 3.10. The number of nitrogens with two attached hydrogens (primary N) is 1. The van der Waals surface area contributed by atoms with E-state index in [0.717, 1.165) is 11.3 Å². The monoisotopic (exact) mass is 335 g/mol. The van der Waals surface area contributed by atoms with Gasteiger partial charge in [-0.25, -0.2) is 4.79 Å². The van der Waals surface area contributed by atoms with Gasteiger partial charge >= 0.3 is 6.03 Å². The van der Waals surface area contributed by atoms with Crippen molar-refractivity contribution in [2.24, 2.45) is 5.73 Å². The molecule has 0 fully saturated rings. The smallest absolute Gasteiger partial charge is 0.319 e. The van der Waals surface area contributed by atoms with Gasteiger partial charge in [0, 0.05) is 16.8 Å². The van der Waals surface area contributed by atoms with E-state index in [0.29, 0.717) is 17.0 Å². The minimum atomic E-state index is -0.511. The second-order valence-electron chi connectivity index (χ2n) is 5.38. The summed E-state index contributed by atoms with van der Waals surface area (Å²) in [6.45, 7) is 0.262. The number of anilines is 1. The molecular weight excluding hydrogens is 318 g/mol. The fourth-order valence-corrected chi connectivity index (χ4v) is 2.29. The number of nitrogens with one attached hydrogen (secondary N) is 2. The summed E-state index contributed by atoms with van der Waals surface area (Å²) in [5, 5.41) is 5.39. The standard InChI is InChI=1S/C19H17N3O3/c20-18(23)14-6-8-15(9-7-14)22-19(24)21-12-16-10-11-17(25-16)13-4-2-1-3-5-13/h1-11H,12H2,(H2,20,23)(H2,21,22,24). The zero-order chi connectivity index (χ0) is 17.6. The molecule has 3 aromatic rings. The fourth-order valence-electron chi connectivity index (χ4n) is 2.29. The first-order valence-electron chi connectivity index (χ1n) is 7.71. The number of primary amides is 1. The van der Waals surface area contributed by atoms with Gasteiger partial charge in [0.2, 0.25) is 5.91 Å². The van der Waals surface area contributed by atoms with Gasteiger partial charge in [-0.1, -0.05) is 30.3 Å². The third-order valence-corrected chi connectivity index (χ3v) is 3.57. The van der Waals surface area contributed by atoms with Gasteiger partial charge in [0.15, 0.2) is 0 Å². The summed E-state index contributed by atoms with van der Waals surface area (Å²) in [7, 11) is 0. The lowest BCUT2D eigenvalue weighted by molar-refractivity contribution is 0.100. The van der Waals surface area contributed by atoms with Crippen molar-refractivity contribution in [1.29, 1.82) is 0 Å². The Kier molecular flexibility index (Phi) is 4.80. The highest BCUT2D eigenvalue weighted by Crippen LogP contribution is 2.21. The molecule has 0 saturated heterocycles. The molecule has 3 rings (SSSR count). The lowest BCUT2D eigenvalue weighted by Crippen LogP contribution is -2.28. The van der Waals surface area contributed by atoms with Crippen LogP contribution in [0.4, 0.5) is 10.5 Å². The van der Waals surface area contributed by atoms with Crippen molar-refractivity contribution >= 4 is 17.6 Å². The Bertz CT molecular complexity index is 870. The molecule has 3 amide bonds. The number of benzene rings is 2. The van der Waals surface area contributed by atoms with Crippen LogP contribution in [0.1, 0.15) is 16.1 Å². The maximum atomic E-state index is 11.9. The molecule has 6 nitrogen and oxygen atoms in total. The highest BCUT2D eigenvalue weighted by atomic mass is 16.3. The van der Waals surface area contributed by atoms with E-state index in [1.165, 1.54) is 0 Å². The third-order valence-electron chi connectivity index (χ3n) is 3.57. The molecule has 0 spiro atoms. The average molecular weight is 335 g/mol. The lowest BCUT2D eigenvalue weighted by atomic mass is 10.2. The molecule has 0 aliphatic heterocycles. The van der Waals surface area contributed by atoms with Gasteiger partial charge in [-0.05, 0) is 36.4 Å². The molecule has 1 aromatic heterocycles. The van der Waals surface area contributed by atoms with E-state index in [1.807, 2.05) is 42.5 Å². The summed E-state index contributed by atoms with van der Waals surface area (Å²) in [5.41, 5.74) is 7.10. The number of carbonyl (C=O) groups excluding carboxylic acids is 2. The predicted octanol–water partition coefficient (Wildman–Crippen LogP) is 3.37. The Labute approximate surface area is 144 Å². The maximum Gasteiger partial charge on any atom is 0.319 e. The molecule has 1 heterocycles. The molecule has 6 heteroatoms. The normalized spacial score (nSPS) is 10.2. The summed E-state index contributed by atoms with van der Waals surface area (Å²) < 4.78 is 5.72. The van der Waals surface area contributed by atoms with Crippen molar-refractivity contribution in [3.05, 3.63) is 78.1 Å². The minimum absolute atomic E-state index is 0.262. The summed E-state index contributed by atoms with van der Waals surface area (Å²) in [4.78, 5) is 22.9. The molecule has 0 aliphatic rings. The summed E-state index contributed by atoms with van der Waals surface area (Å²) in [6.07, 6.45) is 0. The first-order valence-corrected chi connectivity index (χ1v) is 7.71. The van der Waals surface area contributed by atoms with Gasteiger partial charge in [0.1, 0.15) is 11.5 Å².